The Hall–Kier alpha value is -3.77. The molecule has 5 rings (SSSR count). The molecule has 0 fully saturated rings. The minimum absolute atomic E-state index is 0.162. The Kier molecular flexibility index (Phi) is 11.0. The highest BCUT2D eigenvalue weighted by molar-refractivity contribution is 9.10. The predicted octanol–water partition coefficient (Wildman–Crippen LogP) is 6.86. The number of ether oxygens (including phenoxy) is 5. The summed E-state index contributed by atoms with van der Waals surface area (Å²) in [7, 11) is 3.08. The quantitative estimate of drug-likeness (QED) is 0.154. The van der Waals surface area contributed by atoms with Crippen LogP contribution in [0.1, 0.15) is 43.5 Å². The fourth-order valence-electron chi connectivity index (χ4n) is 5.11. The van der Waals surface area contributed by atoms with Crippen molar-refractivity contribution in [3.05, 3.63) is 111 Å². The Morgan fingerprint density at radius 1 is 0.957 bits per heavy atom. The first-order chi connectivity index (χ1) is 22.6. The number of esters is 1. The van der Waals surface area contributed by atoms with Gasteiger partial charge in [-0.2, -0.15) is 0 Å². The molecule has 1 aromatic heterocycles. The summed E-state index contributed by atoms with van der Waals surface area (Å²) in [6, 6.07) is 13.3. The van der Waals surface area contributed by atoms with Crippen LogP contribution in [0.3, 0.4) is 0 Å². The van der Waals surface area contributed by atoms with Gasteiger partial charge in [0, 0.05) is 4.47 Å². The zero-order valence-electron chi connectivity index (χ0n) is 26.2. The topological polar surface area (TPSA) is 97.6 Å². The summed E-state index contributed by atoms with van der Waals surface area (Å²) >= 11 is 17.0. The van der Waals surface area contributed by atoms with Gasteiger partial charge in [0.25, 0.3) is 5.56 Å². The van der Waals surface area contributed by atoms with Crippen molar-refractivity contribution in [1.29, 1.82) is 0 Å². The first kappa shape index (κ1) is 34.6. The number of rotatable bonds is 11. The molecular weight excluding hydrogens is 731 g/mol. The summed E-state index contributed by atoms with van der Waals surface area (Å²) in [6.45, 7) is 6.18. The van der Waals surface area contributed by atoms with E-state index in [1.165, 1.54) is 23.0 Å². The van der Waals surface area contributed by atoms with Gasteiger partial charge in [0.15, 0.2) is 27.8 Å². The van der Waals surface area contributed by atoms with E-state index in [9.17, 15) is 9.59 Å². The molecule has 0 N–H and O–H groups in total. The highest BCUT2D eigenvalue weighted by Gasteiger charge is 2.35. The Labute approximate surface area is 293 Å². The standard InChI is InChI=1S/C34H31BrCl2N2O7S/c1-6-44-28-16-22(35)21(15-27(28)43-5)31-30(33(41)45-7-2)18(3)38-34-39(31)32(40)29(47-34)14-19-9-11-25(26(13-19)42-4)46-17-20-8-10-23(36)24(37)12-20/h8-16,31H,6-7,17H2,1-5H3/b29-14+/t31-/m1/s1. The number of aromatic nitrogens is 1. The number of fused-ring (bicyclic) bond motifs is 1. The van der Waals surface area contributed by atoms with Crippen LogP contribution in [0, 0.1) is 0 Å². The normalized spacial score (nSPS) is 14.4. The second kappa shape index (κ2) is 15.0. The maximum absolute atomic E-state index is 14.2. The molecule has 0 radical (unpaired) electrons. The Bertz CT molecular complexity index is 2060. The number of allylic oxidation sites excluding steroid dienone is 1. The van der Waals surface area contributed by atoms with Gasteiger partial charge in [-0.25, -0.2) is 9.79 Å². The van der Waals surface area contributed by atoms with Crippen LogP contribution in [0.2, 0.25) is 10.0 Å². The summed E-state index contributed by atoms with van der Waals surface area (Å²) in [6.07, 6.45) is 1.75. The molecule has 1 aliphatic rings. The molecule has 0 saturated carbocycles. The first-order valence-corrected chi connectivity index (χ1v) is 16.9. The average Bonchev–Trinajstić information content (AvgIpc) is 3.35. The minimum atomic E-state index is -0.849. The third-order valence-electron chi connectivity index (χ3n) is 7.26. The Morgan fingerprint density at radius 3 is 2.38 bits per heavy atom. The van der Waals surface area contributed by atoms with Crippen LogP contribution < -0.4 is 33.8 Å². The van der Waals surface area contributed by atoms with Gasteiger partial charge in [-0.3, -0.25) is 9.36 Å². The molecule has 1 atom stereocenters. The lowest BCUT2D eigenvalue weighted by Gasteiger charge is -2.26. The van der Waals surface area contributed by atoms with Crippen LogP contribution in [-0.2, 0) is 16.1 Å². The Balaban J connectivity index is 1.58. The molecule has 13 heteroatoms. The number of carbonyl (C=O) groups excluding carboxylic acids is 1. The van der Waals surface area contributed by atoms with E-state index in [0.717, 1.165) is 5.56 Å². The van der Waals surface area contributed by atoms with Crippen LogP contribution in [0.4, 0.5) is 0 Å². The van der Waals surface area contributed by atoms with E-state index in [2.05, 4.69) is 20.9 Å². The van der Waals surface area contributed by atoms with E-state index in [0.29, 0.717) is 70.3 Å². The van der Waals surface area contributed by atoms with Crippen LogP contribution in [-0.4, -0.2) is 38.0 Å². The maximum atomic E-state index is 14.2. The fourth-order valence-corrected chi connectivity index (χ4v) is 7.02. The molecule has 0 saturated heterocycles. The largest absolute Gasteiger partial charge is 0.493 e. The monoisotopic (exact) mass is 760 g/mol. The number of methoxy groups -OCH3 is 2. The van der Waals surface area contributed by atoms with Crippen molar-refractivity contribution >= 4 is 62.5 Å². The van der Waals surface area contributed by atoms with E-state index in [1.54, 1.807) is 63.4 Å². The predicted molar refractivity (Wildman–Crippen MR) is 186 cm³/mol. The molecule has 3 aromatic carbocycles. The Morgan fingerprint density at radius 2 is 1.70 bits per heavy atom. The fraction of sp³-hybridized carbons (Fsp3) is 0.265. The van der Waals surface area contributed by atoms with Gasteiger partial charge in [0.1, 0.15) is 6.61 Å². The minimum Gasteiger partial charge on any atom is -0.493 e. The van der Waals surface area contributed by atoms with E-state index in [-0.39, 0.29) is 24.3 Å². The number of hydrogen-bond donors (Lipinski definition) is 0. The second-order valence-electron chi connectivity index (χ2n) is 10.2. The molecule has 1 aliphatic heterocycles. The van der Waals surface area contributed by atoms with E-state index < -0.39 is 12.0 Å². The molecule has 246 valence electrons. The highest BCUT2D eigenvalue weighted by Crippen LogP contribution is 2.41. The number of thiazole rings is 1. The molecule has 2 heterocycles. The van der Waals surface area contributed by atoms with Crippen LogP contribution in [0.5, 0.6) is 23.0 Å². The summed E-state index contributed by atoms with van der Waals surface area (Å²) < 4.78 is 30.9. The molecule has 0 amide bonds. The van der Waals surface area contributed by atoms with Crippen LogP contribution in [0.25, 0.3) is 6.08 Å². The van der Waals surface area contributed by atoms with Gasteiger partial charge in [0.2, 0.25) is 0 Å². The first-order valence-electron chi connectivity index (χ1n) is 14.5. The molecule has 0 spiro atoms. The SMILES string of the molecule is CCOC(=O)C1=C(C)N=c2s/c(=C/c3ccc(OCc4ccc(Cl)c(Cl)c4)c(OC)c3)c(=O)n2[C@@H]1c1cc(OC)c(OCC)cc1Br. The zero-order valence-corrected chi connectivity index (χ0v) is 30.1. The second-order valence-corrected chi connectivity index (χ2v) is 12.9. The lowest BCUT2D eigenvalue weighted by atomic mass is 9.95. The lowest BCUT2D eigenvalue weighted by molar-refractivity contribution is -0.139. The summed E-state index contributed by atoms with van der Waals surface area (Å²) in [5, 5.41) is 0.908. The average molecular weight is 763 g/mol. The van der Waals surface area contributed by atoms with Gasteiger partial charge in [0.05, 0.1) is 59.3 Å². The summed E-state index contributed by atoms with van der Waals surface area (Å²) in [4.78, 5) is 32.6. The van der Waals surface area contributed by atoms with Crippen molar-refractivity contribution in [2.45, 2.75) is 33.4 Å². The van der Waals surface area contributed by atoms with Crippen molar-refractivity contribution in [1.82, 2.24) is 4.57 Å². The van der Waals surface area contributed by atoms with E-state index in [1.807, 2.05) is 19.1 Å². The van der Waals surface area contributed by atoms with Crippen LogP contribution >= 0.6 is 50.5 Å². The molecule has 9 nitrogen and oxygen atoms in total. The van der Waals surface area contributed by atoms with Crippen LogP contribution in [0.15, 0.2) is 74.1 Å². The van der Waals surface area contributed by atoms with Gasteiger partial charge in [-0.05, 0) is 79.9 Å². The van der Waals surface area contributed by atoms with Gasteiger partial charge >= 0.3 is 5.97 Å². The number of benzene rings is 3. The third-order valence-corrected chi connectivity index (χ3v) is 9.67. The number of carbonyl (C=O) groups is 1. The van der Waals surface area contributed by atoms with Crippen molar-refractivity contribution in [2.75, 3.05) is 27.4 Å². The van der Waals surface area contributed by atoms with Crippen molar-refractivity contribution in [2.24, 2.45) is 4.99 Å². The molecule has 0 bridgehead atoms. The summed E-state index contributed by atoms with van der Waals surface area (Å²) in [5.41, 5.74) is 2.53. The maximum Gasteiger partial charge on any atom is 0.338 e. The van der Waals surface area contributed by atoms with E-state index in [4.69, 9.17) is 46.9 Å². The lowest BCUT2D eigenvalue weighted by Crippen LogP contribution is -2.40. The van der Waals surface area contributed by atoms with Crippen molar-refractivity contribution < 1.29 is 28.5 Å². The third kappa shape index (κ3) is 7.23. The molecular formula is C34H31BrCl2N2O7S. The molecule has 0 unspecified atom stereocenters. The molecule has 4 aromatic rings. The number of hydrogen-bond acceptors (Lipinski definition) is 9. The number of halogens is 3. The van der Waals surface area contributed by atoms with E-state index >= 15 is 0 Å². The highest BCUT2D eigenvalue weighted by atomic mass is 79.9. The van der Waals surface area contributed by atoms with Gasteiger partial charge in [-0.1, -0.05) is 62.6 Å². The van der Waals surface area contributed by atoms with Gasteiger partial charge in [-0.15, -0.1) is 0 Å². The smallest absolute Gasteiger partial charge is 0.338 e. The van der Waals surface area contributed by atoms with Crippen molar-refractivity contribution in [3.8, 4) is 23.0 Å². The van der Waals surface area contributed by atoms with Gasteiger partial charge < -0.3 is 23.7 Å². The van der Waals surface area contributed by atoms with Crippen molar-refractivity contribution in [3.63, 3.8) is 0 Å². The summed E-state index contributed by atoms with van der Waals surface area (Å²) in [5.74, 6) is 1.42. The molecule has 47 heavy (non-hydrogen) atoms. The number of nitrogens with zero attached hydrogens (tertiary/aromatic N) is 2. The zero-order chi connectivity index (χ0) is 33.8. The molecule has 0 aliphatic carbocycles.